The molecule has 1 aliphatic heterocycles. The van der Waals surface area contributed by atoms with Crippen molar-refractivity contribution >= 4 is 63.8 Å². The van der Waals surface area contributed by atoms with Gasteiger partial charge in [-0.15, -0.1) is 0 Å². The first-order valence-corrected chi connectivity index (χ1v) is 12.5. The molecule has 4 rings (SSSR count). The van der Waals surface area contributed by atoms with Gasteiger partial charge in [-0.1, -0.05) is 35.3 Å². The van der Waals surface area contributed by atoms with Crippen LogP contribution in [0.2, 0.25) is 10.0 Å². The maximum atomic E-state index is 13.2. The Hall–Kier alpha value is -3.67. The Kier molecular flexibility index (Phi) is 8.15. The van der Waals surface area contributed by atoms with Crippen LogP contribution in [0.4, 0.5) is 23.7 Å². The van der Waals surface area contributed by atoms with Gasteiger partial charge in [-0.25, -0.2) is 0 Å². The highest BCUT2D eigenvalue weighted by atomic mass is 35.5. The molecule has 39 heavy (non-hydrogen) atoms. The number of methoxy groups -OCH3 is 1. The molecule has 0 saturated carbocycles. The first-order valence-electron chi connectivity index (χ1n) is 11.0. The molecule has 2 N–H and O–H groups in total. The number of benzene rings is 3. The number of imide groups is 1. The molecule has 1 aliphatic rings. The normalized spacial score (nSPS) is 14.7. The zero-order valence-electron chi connectivity index (χ0n) is 19.8. The maximum Gasteiger partial charge on any atom is 0.416 e. The molecule has 3 aromatic carbocycles. The summed E-state index contributed by atoms with van der Waals surface area (Å²) in [6.45, 7) is -0.0391. The van der Waals surface area contributed by atoms with E-state index in [0.717, 1.165) is 17.0 Å². The highest BCUT2D eigenvalue weighted by Gasteiger charge is 2.35. The summed E-state index contributed by atoms with van der Waals surface area (Å²) >= 11 is 12.6. The van der Waals surface area contributed by atoms with Crippen LogP contribution in [0.3, 0.4) is 0 Å². The molecule has 1 heterocycles. The van der Waals surface area contributed by atoms with Crippen molar-refractivity contribution in [1.82, 2.24) is 4.90 Å². The van der Waals surface area contributed by atoms with E-state index in [2.05, 4.69) is 5.32 Å². The highest BCUT2D eigenvalue weighted by Crippen LogP contribution is 2.36. The van der Waals surface area contributed by atoms with Gasteiger partial charge in [0.25, 0.3) is 17.1 Å². The van der Waals surface area contributed by atoms with Gasteiger partial charge in [0.1, 0.15) is 11.5 Å². The number of alkyl halides is 3. The van der Waals surface area contributed by atoms with Crippen molar-refractivity contribution in [3.05, 3.63) is 91.8 Å². The third-order valence-corrected chi connectivity index (χ3v) is 7.14. The van der Waals surface area contributed by atoms with Crippen molar-refractivity contribution in [3.63, 3.8) is 0 Å². The number of hydrogen-bond donors (Lipinski definition) is 2. The molecule has 0 atom stereocenters. The van der Waals surface area contributed by atoms with Crippen LogP contribution >= 0.6 is 35.0 Å². The SMILES string of the molecule is COc1cc(NC(=O)c2cc(C=C3SC(=O)N(Cc4ccc(Cl)c(Cl)c4)C3=O)ccc2O)cc(C(F)(F)F)c1. The number of phenols is 1. The number of thioether (sulfide) groups is 1. The van der Waals surface area contributed by atoms with Crippen molar-refractivity contribution in [2.24, 2.45) is 0 Å². The van der Waals surface area contributed by atoms with E-state index in [9.17, 15) is 32.7 Å². The summed E-state index contributed by atoms with van der Waals surface area (Å²) in [5, 5.41) is 12.6. The monoisotopic (exact) mass is 596 g/mol. The van der Waals surface area contributed by atoms with E-state index >= 15 is 0 Å². The molecule has 1 saturated heterocycles. The largest absolute Gasteiger partial charge is 0.507 e. The lowest BCUT2D eigenvalue weighted by atomic mass is 10.1. The smallest absolute Gasteiger partial charge is 0.416 e. The molecule has 0 unspecified atom stereocenters. The molecule has 3 amide bonds. The van der Waals surface area contributed by atoms with Crippen molar-refractivity contribution in [2.75, 3.05) is 12.4 Å². The molecule has 3 aromatic rings. The van der Waals surface area contributed by atoms with E-state index in [1.54, 1.807) is 18.2 Å². The maximum absolute atomic E-state index is 13.2. The first kappa shape index (κ1) is 28.3. The summed E-state index contributed by atoms with van der Waals surface area (Å²) in [4.78, 5) is 39.3. The first-order chi connectivity index (χ1) is 18.3. The van der Waals surface area contributed by atoms with Crippen LogP contribution in [0.1, 0.15) is 27.0 Å². The Balaban J connectivity index is 1.56. The molecule has 0 aliphatic carbocycles. The van der Waals surface area contributed by atoms with Crippen molar-refractivity contribution in [2.45, 2.75) is 12.7 Å². The van der Waals surface area contributed by atoms with E-state index in [1.165, 1.54) is 37.5 Å². The van der Waals surface area contributed by atoms with Crippen LogP contribution in [0, 0.1) is 0 Å². The number of nitrogens with one attached hydrogen (secondary N) is 1. The second kappa shape index (κ2) is 11.2. The minimum atomic E-state index is -4.68. The number of anilines is 1. The molecular formula is C26H17Cl2F3N2O5S. The lowest BCUT2D eigenvalue weighted by molar-refractivity contribution is -0.137. The number of rotatable bonds is 6. The average Bonchev–Trinajstić information content (AvgIpc) is 3.13. The van der Waals surface area contributed by atoms with E-state index in [-0.39, 0.29) is 33.5 Å². The molecule has 0 radical (unpaired) electrons. The van der Waals surface area contributed by atoms with E-state index in [4.69, 9.17) is 27.9 Å². The Labute approximate surface area is 234 Å². The topological polar surface area (TPSA) is 95.9 Å². The van der Waals surface area contributed by atoms with Gasteiger partial charge in [-0.2, -0.15) is 13.2 Å². The van der Waals surface area contributed by atoms with Gasteiger partial charge in [-0.3, -0.25) is 19.3 Å². The zero-order valence-corrected chi connectivity index (χ0v) is 22.1. The number of amides is 3. The number of ether oxygens (including phenoxy) is 1. The lowest BCUT2D eigenvalue weighted by Gasteiger charge is -2.13. The molecule has 1 fully saturated rings. The summed E-state index contributed by atoms with van der Waals surface area (Å²) in [5.41, 5.74) is -0.635. The van der Waals surface area contributed by atoms with Gasteiger partial charge in [0, 0.05) is 11.8 Å². The minimum Gasteiger partial charge on any atom is -0.507 e. The summed E-state index contributed by atoms with van der Waals surface area (Å²) < 4.78 is 44.5. The van der Waals surface area contributed by atoms with Crippen LogP contribution in [-0.4, -0.2) is 34.2 Å². The highest BCUT2D eigenvalue weighted by molar-refractivity contribution is 8.18. The third kappa shape index (κ3) is 6.49. The second-order valence-corrected chi connectivity index (χ2v) is 10.0. The van der Waals surface area contributed by atoms with E-state index < -0.39 is 34.5 Å². The van der Waals surface area contributed by atoms with Crippen molar-refractivity contribution in [1.29, 1.82) is 0 Å². The molecule has 13 heteroatoms. The fourth-order valence-corrected chi connectivity index (χ4v) is 4.74. The standard InChI is InChI=1S/C26H17Cl2F3N2O5S/c1-38-17-10-15(26(29,30)31)9-16(11-17)32-23(35)18-6-13(3-5-21(18)34)8-22-24(36)33(25(37)39-22)12-14-2-4-19(27)20(28)7-14/h2-11,34H,12H2,1H3,(H,32,35). The van der Waals surface area contributed by atoms with Gasteiger partial charge in [0.05, 0.1) is 39.7 Å². The molecule has 202 valence electrons. The molecular weight excluding hydrogens is 580 g/mol. The number of carbonyl (C=O) groups is 3. The van der Waals surface area contributed by atoms with Crippen molar-refractivity contribution in [3.8, 4) is 11.5 Å². The van der Waals surface area contributed by atoms with Gasteiger partial charge in [0.15, 0.2) is 0 Å². The average molecular weight is 597 g/mol. The predicted molar refractivity (Wildman–Crippen MR) is 142 cm³/mol. The quantitative estimate of drug-likeness (QED) is 0.292. The number of halogens is 5. The molecule has 0 aromatic heterocycles. The van der Waals surface area contributed by atoms with Gasteiger partial charge in [-0.05, 0) is 65.4 Å². The van der Waals surface area contributed by atoms with E-state index in [0.29, 0.717) is 27.9 Å². The van der Waals surface area contributed by atoms with Crippen LogP contribution in [0.5, 0.6) is 11.5 Å². The van der Waals surface area contributed by atoms with Crippen LogP contribution in [-0.2, 0) is 17.5 Å². The van der Waals surface area contributed by atoms with Crippen molar-refractivity contribution < 1.29 is 37.4 Å². The van der Waals surface area contributed by atoms with Gasteiger partial charge in [0.2, 0.25) is 0 Å². The number of aromatic hydroxyl groups is 1. The molecule has 0 spiro atoms. The minimum absolute atomic E-state index is 0.0391. The number of phenolic OH excluding ortho intramolecular Hbond substituents is 1. The second-order valence-electron chi connectivity index (χ2n) is 8.19. The van der Waals surface area contributed by atoms with Gasteiger partial charge >= 0.3 is 6.18 Å². The number of hydrogen-bond acceptors (Lipinski definition) is 6. The third-order valence-electron chi connectivity index (χ3n) is 5.49. The Morgan fingerprint density at radius 3 is 2.49 bits per heavy atom. The number of carbonyl (C=O) groups excluding carboxylic acids is 3. The summed E-state index contributed by atoms with van der Waals surface area (Å²) in [7, 11) is 1.18. The summed E-state index contributed by atoms with van der Waals surface area (Å²) in [6, 6.07) is 11.3. The number of nitrogens with zero attached hydrogens (tertiary/aromatic N) is 1. The molecule has 0 bridgehead atoms. The lowest BCUT2D eigenvalue weighted by Crippen LogP contribution is -2.27. The zero-order chi connectivity index (χ0) is 28.5. The Morgan fingerprint density at radius 1 is 1.08 bits per heavy atom. The predicted octanol–water partition coefficient (Wildman–Crippen LogP) is 7.22. The van der Waals surface area contributed by atoms with Crippen LogP contribution in [0.15, 0.2) is 59.5 Å². The molecule has 7 nitrogen and oxygen atoms in total. The Bertz CT molecular complexity index is 1530. The van der Waals surface area contributed by atoms with Crippen LogP contribution in [0.25, 0.3) is 6.08 Å². The fraction of sp³-hybridized carbons (Fsp3) is 0.115. The van der Waals surface area contributed by atoms with Gasteiger partial charge < -0.3 is 15.2 Å². The summed E-state index contributed by atoms with van der Waals surface area (Å²) in [6.07, 6.45) is -3.32. The fourth-order valence-electron chi connectivity index (χ4n) is 3.58. The van der Waals surface area contributed by atoms with Crippen LogP contribution < -0.4 is 10.1 Å². The van der Waals surface area contributed by atoms with E-state index in [1.807, 2.05) is 0 Å². The Morgan fingerprint density at radius 2 is 1.82 bits per heavy atom. The summed E-state index contributed by atoms with van der Waals surface area (Å²) in [5.74, 6) is -2.06.